The molecule has 2 aromatic rings. The van der Waals surface area contributed by atoms with Gasteiger partial charge in [0, 0.05) is 12.6 Å². The zero-order chi connectivity index (χ0) is 18.6. The molecule has 5 heteroatoms. The first kappa shape index (κ1) is 18.3. The average molecular weight is 342 g/mol. The lowest BCUT2D eigenvalue weighted by Gasteiger charge is -2.13. The van der Waals surface area contributed by atoms with Crippen LogP contribution in [0.25, 0.3) is 16.7 Å². The largest absolute Gasteiger partial charge is 0.416 e. The molecule has 0 atom stereocenters. The number of nitriles is 1. The van der Waals surface area contributed by atoms with E-state index in [-0.39, 0.29) is 0 Å². The quantitative estimate of drug-likeness (QED) is 0.603. The normalized spacial score (nSPS) is 12.2. The molecule has 0 spiro atoms. The van der Waals surface area contributed by atoms with Gasteiger partial charge in [-0.1, -0.05) is 36.9 Å². The summed E-state index contributed by atoms with van der Waals surface area (Å²) >= 11 is 0. The summed E-state index contributed by atoms with van der Waals surface area (Å²) in [6.07, 6.45) is -2.84. The minimum absolute atomic E-state index is 0.342. The molecular formula is C20H17F3N2. The maximum absolute atomic E-state index is 13.0. The Labute approximate surface area is 144 Å². The van der Waals surface area contributed by atoms with Crippen LogP contribution in [0.1, 0.15) is 16.7 Å². The summed E-state index contributed by atoms with van der Waals surface area (Å²) in [5.74, 6) is 0. The van der Waals surface area contributed by atoms with E-state index in [0.29, 0.717) is 28.0 Å². The molecule has 0 saturated carbocycles. The van der Waals surface area contributed by atoms with Crippen molar-refractivity contribution in [2.45, 2.75) is 13.1 Å². The second-order valence-corrected chi connectivity index (χ2v) is 5.46. The molecule has 0 heterocycles. The summed E-state index contributed by atoms with van der Waals surface area (Å²) in [6.45, 7) is 5.56. The van der Waals surface area contributed by atoms with Crippen LogP contribution in [0.2, 0.25) is 0 Å². The van der Waals surface area contributed by atoms with Gasteiger partial charge in [-0.3, -0.25) is 0 Å². The van der Waals surface area contributed by atoms with E-state index in [4.69, 9.17) is 0 Å². The molecule has 0 unspecified atom stereocenters. The lowest BCUT2D eigenvalue weighted by Crippen LogP contribution is -2.06. The van der Waals surface area contributed by atoms with E-state index in [9.17, 15) is 18.4 Å². The van der Waals surface area contributed by atoms with Crippen LogP contribution >= 0.6 is 0 Å². The monoisotopic (exact) mass is 342 g/mol. The highest BCUT2D eigenvalue weighted by atomic mass is 19.4. The highest BCUT2D eigenvalue weighted by molar-refractivity contribution is 5.82. The van der Waals surface area contributed by atoms with Crippen molar-refractivity contribution in [1.29, 1.82) is 5.26 Å². The van der Waals surface area contributed by atoms with Crippen LogP contribution in [0.5, 0.6) is 0 Å². The number of aryl methyl sites for hydroxylation is 1. The summed E-state index contributed by atoms with van der Waals surface area (Å²) < 4.78 is 38.9. The Morgan fingerprint density at radius 1 is 1.20 bits per heavy atom. The molecule has 2 rings (SSSR count). The van der Waals surface area contributed by atoms with E-state index in [1.165, 1.54) is 6.07 Å². The van der Waals surface area contributed by atoms with Crippen molar-refractivity contribution in [2.75, 3.05) is 7.05 Å². The lowest BCUT2D eigenvalue weighted by molar-refractivity contribution is -0.137. The van der Waals surface area contributed by atoms with Gasteiger partial charge in [-0.2, -0.15) is 18.4 Å². The van der Waals surface area contributed by atoms with Gasteiger partial charge in [0.05, 0.1) is 5.56 Å². The molecule has 2 nitrogen and oxygen atoms in total. The first-order chi connectivity index (χ1) is 11.8. The number of nitrogens with one attached hydrogen (secondary N) is 1. The number of benzene rings is 2. The number of allylic oxidation sites excluding steroid dienone is 3. The van der Waals surface area contributed by atoms with Gasteiger partial charge in [-0.05, 0) is 47.4 Å². The fourth-order valence-corrected chi connectivity index (χ4v) is 2.58. The minimum Gasteiger partial charge on any atom is -0.379 e. The second kappa shape index (κ2) is 7.27. The number of rotatable bonds is 4. The fraction of sp³-hybridized carbons (Fsp3) is 0.150. The van der Waals surface area contributed by atoms with E-state index in [2.05, 4.69) is 18.0 Å². The SMILES string of the molecule is C=C/C(=C(/C#N)NC)c1ccc(C)c(-c2cccc(C(F)(F)F)c2)c1. The van der Waals surface area contributed by atoms with Gasteiger partial charge in [0.2, 0.25) is 0 Å². The molecule has 25 heavy (non-hydrogen) atoms. The molecule has 0 aliphatic rings. The van der Waals surface area contributed by atoms with E-state index in [1.807, 2.05) is 19.1 Å². The fourth-order valence-electron chi connectivity index (χ4n) is 2.58. The smallest absolute Gasteiger partial charge is 0.379 e. The first-order valence-electron chi connectivity index (χ1n) is 7.55. The molecule has 0 aliphatic heterocycles. The molecule has 0 bridgehead atoms. The van der Waals surface area contributed by atoms with Crippen LogP contribution in [0.15, 0.2) is 60.8 Å². The van der Waals surface area contributed by atoms with Crippen molar-refractivity contribution >= 4 is 5.57 Å². The van der Waals surface area contributed by atoms with Crippen molar-refractivity contribution < 1.29 is 13.2 Å². The lowest BCUT2D eigenvalue weighted by atomic mass is 9.93. The zero-order valence-corrected chi connectivity index (χ0v) is 13.9. The van der Waals surface area contributed by atoms with Crippen LogP contribution in [-0.4, -0.2) is 7.05 Å². The predicted molar refractivity (Wildman–Crippen MR) is 93.4 cm³/mol. The van der Waals surface area contributed by atoms with Gasteiger partial charge in [0.1, 0.15) is 11.8 Å². The van der Waals surface area contributed by atoms with Crippen molar-refractivity contribution in [3.05, 3.63) is 77.5 Å². The van der Waals surface area contributed by atoms with Gasteiger partial charge < -0.3 is 5.32 Å². The van der Waals surface area contributed by atoms with E-state index < -0.39 is 11.7 Å². The van der Waals surface area contributed by atoms with Crippen LogP contribution in [0.3, 0.4) is 0 Å². The maximum atomic E-state index is 13.0. The molecule has 128 valence electrons. The Balaban J connectivity index is 2.64. The third-order valence-corrected chi connectivity index (χ3v) is 3.88. The van der Waals surface area contributed by atoms with Crippen molar-refractivity contribution in [1.82, 2.24) is 5.32 Å². The van der Waals surface area contributed by atoms with Crippen molar-refractivity contribution in [3.8, 4) is 17.2 Å². The Hall–Kier alpha value is -3.00. The summed E-state index contributed by atoms with van der Waals surface area (Å²) in [4.78, 5) is 0. The van der Waals surface area contributed by atoms with Gasteiger partial charge in [0.15, 0.2) is 0 Å². The zero-order valence-electron chi connectivity index (χ0n) is 13.9. The van der Waals surface area contributed by atoms with Gasteiger partial charge in [-0.15, -0.1) is 0 Å². The van der Waals surface area contributed by atoms with Crippen LogP contribution in [-0.2, 0) is 6.18 Å². The molecular weight excluding hydrogens is 325 g/mol. The number of halogens is 3. The van der Waals surface area contributed by atoms with Gasteiger partial charge in [0.25, 0.3) is 0 Å². The first-order valence-corrected chi connectivity index (χ1v) is 7.55. The van der Waals surface area contributed by atoms with E-state index in [0.717, 1.165) is 17.7 Å². The molecule has 0 fully saturated rings. The predicted octanol–water partition coefficient (Wildman–Crippen LogP) is 5.32. The third kappa shape index (κ3) is 3.92. The average Bonchev–Trinajstić information content (AvgIpc) is 2.59. The van der Waals surface area contributed by atoms with Crippen LogP contribution in [0, 0.1) is 18.3 Å². The van der Waals surface area contributed by atoms with Crippen LogP contribution in [0.4, 0.5) is 13.2 Å². The number of alkyl halides is 3. The van der Waals surface area contributed by atoms with E-state index >= 15 is 0 Å². The number of hydrogen-bond donors (Lipinski definition) is 1. The van der Waals surface area contributed by atoms with Crippen molar-refractivity contribution in [3.63, 3.8) is 0 Å². The molecule has 0 aromatic heterocycles. The molecule has 0 saturated heterocycles. The van der Waals surface area contributed by atoms with E-state index in [1.54, 1.807) is 25.3 Å². The topological polar surface area (TPSA) is 35.8 Å². The summed E-state index contributed by atoms with van der Waals surface area (Å²) in [5, 5.41) is 12.0. The summed E-state index contributed by atoms with van der Waals surface area (Å²) in [6, 6.07) is 12.7. The Morgan fingerprint density at radius 3 is 2.48 bits per heavy atom. The van der Waals surface area contributed by atoms with Gasteiger partial charge in [-0.25, -0.2) is 0 Å². The Morgan fingerprint density at radius 2 is 1.92 bits per heavy atom. The molecule has 0 radical (unpaired) electrons. The van der Waals surface area contributed by atoms with Crippen molar-refractivity contribution in [2.24, 2.45) is 0 Å². The van der Waals surface area contributed by atoms with Crippen LogP contribution < -0.4 is 5.32 Å². The van der Waals surface area contributed by atoms with Gasteiger partial charge >= 0.3 is 6.18 Å². The maximum Gasteiger partial charge on any atom is 0.416 e. The highest BCUT2D eigenvalue weighted by Crippen LogP contribution is 2.34. The minimum atomic E-state index is -4.40. The molecule has 0 amide bonds. The number of hydrogen-bond acceptors (Lipinski definition) is 2. The molecule has 0 aliphatic carbocycles. The number of nitrogens with zero attached hydrogens (tertiary/aromatic N) is 1. The molecule has 1 N–H and O–H groups in total. The second-order valence-electron chi connectivity index (χ2n) is 5.46. The third-order valence-electron chi connectivity index (χ3n) is 3.88. The Kier molecular flexibility index (Phi) is 5.33. The summed E-state index contributed by atoms with van der Waals surface area (Å²) in [7, 11) is 1.63. The highest BCUT2D eigenvalue weighted by Gasteiger charge is 2.30. The molecule has 2 aromatic carbocycles. The Bertz CT molecular complexity index is 871. The standard InChI is InChI=1S/C20H17F3N2/c1-4-17(19(12-24)25-3)15-9-8-13(2)18(11-15)14-6-5-7-16(10-14)20(21,22)23/h4-11,25H,1H2,2-3H3/b19-17+. The summed E-state index contributed by atoms with van der Waals surface area (Å²) in [5.41, 5.74) is 2.94.